The molecule has 52 heavy (non-hydrogen) atoms. The third kappa shape index (κ3) is 16.6. The second-order valence-corrected chi connectivity index (χ2v) is 12.9. The number of carbonyl (C=O) groups excluding carboxylic acids is 1. The molecule has 10 heteroatoms. The second kappa shape index (κ2) is 23.6. The number of halogens is 4. The first kappa shape index (κ1) is 46.1. The van der Waals surface area contributed by atoms with Crippen LogP contribution in [0.25, 0.3) is 0 Å². The first-order valence-electron chi connectivity index (χ1n) is 18.4. The molecule has 0 saturated carbocycles. The summed E-state index contributed by atoms with van der Waals surface area (Å²) in [5, 5.41) is 3.45. The number of nitrogens with one attached hydrogen (secondary N) is 1. The Kier molecular flexibility index (Phi) is 20.9. The van der Waals surface area contributed by atoms with E-state index in [1.807, 2.05) is 72.0 Å². The maximum absolute atomic E-state index is 14.1. The third-order valence-electron chi connectivity index (χ3n) is 7.69. The molecule has 1 N–H and O–H groups in total. The zero-order chi connectivity index (χ0) is 39.3. The van der Waals surface area contributed by atoms with E-state index in [1.165, 1.54) is 17.7 Å². The van der Waals surface area contributed by atoms with Crippen LogP contribution in [0, 0.1) is 5.92 Å². The summed E-state index contributed by atoms with van der Waals surface area (Å²) in [6.45, 7) is 20.5. The molecule has 3 atom stereocenters. The van der Waals surface area contributed by atoms with Gasteiger partial charge >= 0.3 is 12.1 Å². The molecule has 0 radical (unpaired) electrons. The lowest BCUT2D eigenvalue weighted by Crippen LogP contribution is -2.27. The molecule has 0 aromatic heterocycles. The molecular formula is C42H61F4N3O3. The molecule has 6 nitrogen and oxygen atoms in total. The highest BCUT2D eigenvalue weighted by Gasteiger charge is 2.36. The number of carbonyl (C=O) groups is 1. The van der Waals surface area contributed by atoms with Gasteiger partial charge in [-0.05, 0) is 70.6 Å². The Balaban J connectivity index is 0.00000121. The SMILES string of the molecule is C/C=C\CC1N=C2C=CN(C/C3=C/CCC(C4=C(C(F)(F)F)C=CC(OCC(=O)OC(C)(C)C)C=C4)/C=C\C3)C=C2N1.C=C(CC)CF.CC.CC. The number of fused-ring (bicyclic) bond motifs is 1. The van der Waals surface area contributed by atoms with Crippen LogP contribution in [0.4, 0.5) is 17.6 Å². The van der Waals surface area contributed by atoms with Crippen LogP contribution >= 0.6 is 0 Å². The summed E-state index contributed by atoms with van der Waals surface area (Å²) < 4.78 is 64.4. The third-order valence-corrected chi connectivity index (χ3v) is 7.69. The van der Waals surface area contributed by atoms with E-state index in [-0.39, 0.29) is 25.0 Å². The van der Waals surface area contributed by atoms with Crippen molar-refractivity contribution in [3.63, 3.8) is 0 Å². The predicted molar refractivity (Wildman–Crippen MR) is 207 cm³/mol. The van der Waals surface area contributed by atoms with Gasteiger partial charge in [0.1, 0.15) is 25.0 Å². The smallest absolute Gasteiger partial charge is 0.416 e. The second-order valence-electron chi connectivity index (χ2n) is 12.9. The standard InChI is InChI=1S/C33H40F3N3O3.C5H9F.2C2H6/c1-5-6-13-30-37-28-18-19-39(21-29(28)38-30)20-23-9-7-11-24(12-8-10-23)26-16-14-25(15-17-27(26)33(34,35)36)41-22-31(40)42-32(2,3)4;1-3-5(2)4-6;2*1-2/h5-7,10-11,14-19,21,24-25,30,38H,8-9,12-13,20,22H2,1-4H3;2-4H2,1H3;2*1-2H3/b6-5-,11-7-,23-10+;;;. The van der Waals surface area contributed by atoms with Gasteiger partial charge in [0.25, 0.3) is 0 Å². The van der Waals surface area contributed by atoms with Crippen LogP contribution in [0.2, 0.25) is 0 Å². The molecule has 2 heterocycles. The maximum atomic E-state index is 14.1. The monoisotopic (exact) mass is 731 g/mol. The van der Waals surface area contributed by atoms with Crippen LogP contribution in [0.1, 0.15) is 94.4 Å². The first-order chi connectivity index (χ1) is 24.7. The molecule has 3 unspecified atom stereocenters. The largest absolute Gasteiger partial charge is 0.458 e. The van der Waals surface area contributed by atoms with Crippen molar-refractivity contribution in [2.45, 2.75) is 118 Å². The highest BCUT2D eigenvalue weighted by atomic mass is 19.4. The van der Waals surface area contributed by atoms with Gasteiger partial charge in [-0.1, -0.05) is 101 Å². The highest BCUT2D eigenvalue weighted by Crippen LogP contribution is 2.37. The number of alkyl halides is 4. The van der Waals surface area contributed by atoms with Gasteiger partial charge in [-0.2, -0.15) is 13.2 Å². The fourth-order valence-corrected chi connectivity index (χ4v) is 5.22. The molecule has 2 aliphatic carbocycles. The molecule has 0 bridgehead atoms. The minimum atomic E-state index is -4.52. The minimum absolute atomic E-state index is 0.0446. The Morgan fingerprint density at radius 2 is 1.79 bits per heavy atom. The number of allylic oxidation sites excluding steroid dienone is 10. The van der Waals surface area contributed by atoms with Crippen molar-refractivity contribution >= 4 is 11.7 Å². The summed E-state index contributed by atoms with van der Waals surface area (Å²) in [5.41, 5.74) is 2.66. The summed E-state index contributed by atoms with van der Waals surface area (Å²) in [4.78, 5) is 18.8. The van der Waals surface area contributed by atoms with E-state index in [0.717, 1.165) is 30.3 Å². The van der Waals surface area contributed by atoms with E-state index < -0.39 is 35.3 Å². The number of esters is 1. The van der Waals surface area contributed by atoms with Crippen molar-refractivity contribution in [3.8, 4) is 0 Å². The lowest BCUT2D eigenvalue weighted by atomic mass is 9.87. The van der Waals surface area contributed by atoms with Crippen LogP contribution in [0.3, 0.4) is 0 Å². The average molecular weight is 732 g/mol. The van der Waals surface area contributed by atoms with Gasteiger partial charge in [-0.25, -0.2) is 9.18 Å². The van der Waals surface area contributed by atoms with Gasteiger partial charge in [0.2, 0.25) is 0 Å². The molecule has 0 spiro atoms. The number of aliphatic imine (C=N–C) groups is 1. The molecule has 0 aromatic rings. The van der Waals surface area contributed by atoms with Crippen molar-refractivity contribution < 1.29 is 31.8 Å². The van der Waals surface area contributed by atoms with E-state index in [0.29, 0.717) is 31.4 Å². The van der Waals surface area contributed by atoms with Crippen LogP contribution in [-0.4, -0.2) is 60.5 Å². The summed E-state index contributed by atoms with van der Waals surface area (Å²) in [5.74, 6) is -0.973. The zero-order valence-electron chi connectivity index (χ0n) is 32.7. The lowest BCUT2D eigenvalue weighted by molar-refractivity contribution is -0.160. The number of rotatable bonds is 10. The molecule has 2 aliphatic heterocycles. The van der Waals surface area contributed by atoms with Crippen molar-refractivity contribution in [1.29, 1.82) is 0 Å². The lowest BCUT2D eigenvalue weighted by Gasteiger charge is -2.24. The number of hydrogen-bond acceptors (Lipinski definition) is 6. The molecule has 0 fully saturated rings. The van der Waals surface area contributed by atoms with E-state index in [9.17, 15) is 22.4 Å². The zero-order valence-corrected chi connectivity index (χ0v) is 32.7. The normalized spacial score (nSPS) is 22.6. The number of nitrogens with zero attached hydrogens (tertiary/aromatic N) is 2. The van der Waals surface area contributed by atoms with E-state index >= 15 is 0 Å². The van der Waals surface area contributed by atoms with Gasteiger partial charge < -0.3 is 19.7 Å². The van der Waals surface area contributed by atoms with E-state index in [4.69, 9.17) is 14.5 Å². The topological polar surface area (TPSA) is 63.2 Å². The Bertz CT molecular complexity index is 1420. The minimum Gasteiger partial charge on any atom is -0.458 e. The van der Waals surface area contributed by atoms with Crippen molar-refractivity contribution in [3.05, 3.63) is 108 Å². The van der Waals surface area contributed by atoms with E-state index in [1.54, 1.807) is 26.8 Å². The van der Waals surface area contributed by atoms with Crippen LogP contribution in [0.15, 0.2) is 113 Å². The predicted octanol–water partition coefficient (Wildman–Crippen LogP) is 11.0. The molecule has 4 aliphatic rings. The van der Waals surface area contributed by atoms with E-state index in [2.05, 4.69) is 35.1 Å². The van der Waals surface area contributed by atoms with Crippen LogP contribution < -0.4 is 5.32 Å². The van der Waals surface area contributed by atoms with Gasteiger partial charge in [-0.15, -0.1) is 0 Å². The quantitative estimate of drug-likeness (QED) is 0.138. The summed E-state index contributed by atoms with van der Waals surface area (Å²) in [6, 6.07) is 0. The summed E-state index contributed by atoms with van der Waals surface area (Å²) in [7, 11) is 0. The molecule has 0 aromatic carbocycles. The highest BCUT2D eigenvalue weighted by molar-refractivity contribution is 6.09. The molecule has 0 saturated heterocycles. The maximum Gasteiger partial charge on any atom is 0.416 e. The fraction of sp³-hybridized carbons (Fsp3) is 0.524. The average Bonchev–Trinajstić information content (AvgIpc) is 3.37. The summed E-state index contributed by atoms with van der Waals surface area (Å²) >= 11 is 0. The molecular weight excluding hydrogens is 670 g/mol. The Morgan fingerprint density at radius 1 is 1.10 bits per heavy atom. The van der Waals surface area contributed by atoms with Gasteiger partial charge in [0, 0.05) is 31.3 Å². The first-order valence-corrected chi connectivity index (χ1v) is 18.4. The Morgan fingerprint density at radius 3 is 2.38 bits per heavy atom. The van der Waals surface area contributed by atoms with Gasteiger partial charge in [-0.3, -0.25) is 4.99 Å². The molecule has 290 valence electrons. The summed E-state index contributed by atoms with van der Waals surface area (Å²) in [6.07, 6.45) is 19.8. The van der Waals surface area contributed by atoms with Gasteiger partial charge in [0.15, 0.2) is 0 Å². The number of ether oxygens (including phenoxy) is 2. The molecule has 4 rings (SSSR count). The van der Waals surface area contributed by atoms with Gasteiger partial charge in [0.05, 0.1) is 23.1 Å². The van der Waals surface area contributed by atoms with Crippen molar-refractivity contribution in [1.82, 2.24) is 10.2 Å². The van der Waals surface area contributed by atoms with Crippen LogP contribution in [-0.2, 0) is 14.3 Å². The van der Waals surface area contributed by atoms with Crippen LogP contribution in [0.5, 0.6) is 0 Å². The van der Waals surface area contributed by atoms with Crippen molar-refractivity contribution in [2.75, 3.05) is 19.8 Å². The fourth-order valence-electron chi connectivity index (χ4n) is 5.22. The van der Waals surface area contributed by atoms with Crippen molar-refractivity contribution in [2.24, 2.45) is 10.9 Å². The number of hydrogen-bond donors (Lipinski definition) is 1. The Hall–Kier alpha value is -3.92. The Labute approximate surface area is 310 Å². The molecule has 0 amide bonds.